The maximum Gasteiger partial charge on any atom is 0.322 e. The van der Waals surface area contributed by atoms with Gasteiger partial charge in [-0.25, -0.2) is 0 Å². The molecule has 112 valence electrons. The van der Waals surface area contributed by atoms with Crippen LogP contribution in [0, 0.1) is 0 Å². The Morgan fingerprint density at radius 3 is 2.62 bits per heavy atom. The Kier molecular flexibility index (Phi) is 5.33. The number of nitrogens with zero attached hydrogens (tertiary/aromatic N) is 3. The van der Waals surface area contributed by atoms with Gasteiger partial charge in [-0.3, -0.25) is 0 Å². The topological polar surface area (TPSA) is 59.9 Å². The fourth-order valence-electron chi connectivity index (χ4n) is 1.70. The standard InChI is InChI=1S/C15H19ClN4O/c1-4-9-17-14-18-13(11-7-5-6-8-12(11)16)19-15(20-14)21-10(2)3/h5-8,10H,4,9H2,1-3H3,(H,17,18,19,20). The zero-order chi connectivity index (χ0) is 15.2. The Morgan fingerprint density at radius 1 is 1.19 bits per heavy atom. The van der Waals surface area contributed by atoms with Crippen LogP contribution in [-0.4, -0.2) is 27.6 Å². The van der Waals surface area contributed by atoms with E-state index in [1.54, 1.807) is 0 Å². The summed E-state index contributed by atoms with van der Waals surface area (Å²) in [5.41, 5.74) is 0.759. The van der Waals surface area contributed by atoms with Gasteiger partial charge in [0.25, 0.3) is 0 Å². The van der Waals surface area contributed by atoms with Gasteiger partial charge in [0.1, 0.15) is 0 Å². The molecule has 5 nitrogen and oxygen atoms in total. The molecule has 0 fully saturated rings. The lowest BCUT2D eigenvalue weighted by atomic mass is 10.2. The molecule has 1 N–H and O–H groups in total. The van der Waals surface area contributed by atoms with E-state index in [-0.39, 0.29) is 6.10 Å². The van der Waals surface area contributed by atoms with E-state index in [1.165, 1.54) is 0 Å². The minimum absolute atomic E-state index is 0.00878. The lowest BCUT2D eigenvalue weighted by Crippen LogP contribution is -2.12. The molecule has 2 rings (SSSR count). The second-order valence-corrected chi connectivity index (χ2v) is 5.25. The van der Waals surface area contributed by atoms with Crippen LogP contribution >= 0.6 is 11.6 Å². The summed E-state index contributed by atoms with van der Waals surface area (Å²) < 4.78 is 5.59. The third-order valence-corrected chi connectivity index (χ3v) is 2.93. The average Bonchev–Trinajstić information content (AvgIpc) is 2.44. The van der Waals surface area contributed by atoms with E-state index in [0.717, 1.165) is 18.5 Å². The summed E-state index contributed by atoms with van der Waals surface area (Å²) in [6.45, 7) is 6.72. The fourth-order valence-corrected chi connectivity index (χ4v) is 1.92. The molecule has 1 aromatic carbocycles. The molecule has 0 saturated heterocycles. The summed E-state index contributed by atoms with van der Waals surface area (Å²) in [6.07, 6.45) is 0.971. The van der Waals surface area contributed by atoms with Gasteiger partial charge in [0.05, 0.1) is 11.1 Å². The quantitative estimate of drug-likeness (QED) is 0.879. The van der Waals surface area contributed by atoms with Gasteiger partial charge in [-0.05, 0) is 32.4 Å². The molecule has 0 aliphatic rings. The molecule has 0 atom stereocenters. The van der Waals surface area contributed by atoms with Crippen LogP contribution in [0.25, 0.3) is 11.4 Å². The van der Waals surface area contributed by atoms with Crippen molar-refractivity contribution in [3.63, 3.8) is 0 Å². The van der Waals surface area contributed by atoms with Crippen LogP contribution in [0.4, 0.5) is 5.95 Å². The van der Waals surface area contributed by atoms with E-state index in [1.807, 2.05) is 38.1 Å². The Morgan fingerprint density at radius 2 is 1.95 bits per heavy atom. The van der Waals surface area contributed by atoms with Crippen LogP contribution in [0.2, 0.25) is 5.02 Å². The number of halogens is 1. The number of ether oxygens (including phenoxy) is 1. The summed E-state index contributed by atoms with van der Waals surface area (Å²) in [7, 11) is 0. The zero-order valence-corrected chi connectivity index (χ0v) is 13.2. The number of nitrogens with one attached hydrogen (secondary N) is 1. The third kappa shape index (κ3) is 4.29. The zero-order valence-electron chi connectivity index (χ0n) is 12.4. The minimum Gasteiger partial charge on any atom is -0.461 e. The number of benzene rings is 1. The van der Waals surface area contributed by atoms with Gasteiger partial charge in [0, 0.05) is 12.1 Å². The van der Waals surface area contributed by atoms with Crippen LogP contribution in [0.15, 0.2) is 24.3 Å². The molecule has 0 unspecified atom stereocenters. The highest BCUT2D eigenvalue weighted by atomic mass is 35.5. The van der Waals surface area contributed by atoms with Crippen molar-refractivity contribution in [2.24, 2.45) is 0 Å². The Balaban J connectivity index is 2.41. The van der Waals surface area contributed by atoms with Gasteiger partial charge in [-0.2, -0.15) is 15.0 Å². The Bertz CT molecular complexity index is 604. The van der Waals surface area contributed by atoms with E-state index in [4.69, 9.17) is 16.3 Å². The average molecular weight is 307 g/mol. The number of hydrogen-bond donors (Lipinski definition) is 1. The van der Waals surface area contributed by atoms with Crippen molar-refractivity contribution >= 4 is 17.5 Å². The first-order valence-electron chi connectivity index (χ1n) is 7.01. The molecule has 2 aromatic rings. The van der Waals surface area contributed by atoms with Crippen molar-refractivity contribution in [2.75, 3.05) is 11.9 Å². The van der Waals surface area contributed by atoms with Crippen LogP contribution in [0.5, 0.6) is 6.01 Å². The lowest BCUT2D eigenvalue weighted by molar-refractivity contribution is 0.222. The van der Waals surface area contributed by atoms with Gasteiger partial charge in [0.2, 0.25) is 5.95 Å². The van der Waals surface area contributed by atoms with Crippen molar-refractivity contribution in [3.05, 3.63) is 29.3 Å². The van der Waals surface area contributed by atoms with E-state index in [9.17, 15) is 0 Å². The molecule has 6 heteroatoms. The molecule has 0 aliphatic carbocycles. The first-order valence-corrected chi connectivity index (χ1v) is 7.39. The fraction of sp³-hybridized carbons (Fsp3) is 0.400. The summed E-state index contributed by atoms with van der Waals surface area (Å²) in [6, 6.07) is 7.75. The van der Waals surface area contributed by atoms with Gasteiger partial charge < -0.3 is 10.1 Å². The normalized spacial score (nSPS) is 10.7. The van der Waals surface area contributed by atoms with Crippen LogP contribution < -0.4 is 10.1 Å². The van der Waals surface area contributed by atoms with E-state index < -0.39 is 0 Å². The van der Waals surface area contributed by atoms with E-state index in [0.29, 0.717) is 22.8 Å². The molecule has 0 saturated carbocycles. The molecule has 21 heavy (non-hydrogen) atoms. The molecular formula is C15H19ClN4O. The van der Waals surface area contributed by atoms with Crippen molar-refractivity contribution in [3.8, 4) is 17.4 Å². The minimum atomic E-state index is -0.00878. The molecule has 0 aliphatic heterocycles. The number of aromatic nitrogens is 3. The monoisotopic (exact) mass is 306 g/mol. The van der Waals surface area contributed by atoms with Gasteiger partial charge in [0.15, 0.2) is 5.82 Å². The summed E-state index contributed by atoms with van der Waals surface area (Å²) in [4.78, 5) is 13.0. The summed E-state index contributed by atoms with van der Waals surface area (Å²) in [5, 5.41) is 3.75. The van der Waals surface area contributed by atoms with Crippen LogP contribution in [-0.2, 0) is 0 Å². The summed E-state index contributed by atoms with van der Waals surface area (Å²) in [5.74, 6) is 1.00. The summed E-state index contributed by atoms with van der Waals surface area (Å²) >= 11 is 6.21. The molecule has 1 aromatic heterocycles. The SMILES string of the molecule is CCCNc1nc(OC(C)C)nc(-c2ccccc2Cl)n1. The highest BCUT2D eigenvalue weighted by molar-refractivity contribution is 6.33. The molecule has 0 spiro atoms. The van der Waals surface area contributed by atoms with Crippen molar-refractivity contribution in [2.45, 2.75) is 33.3 Å². The van der Waals surface area contributed by atoms with Crippen LogP contribution in [0.3, 0.4) is 0 Å². The number of rotatable bonds is 6. The molecular weight excluding hydrogens is 288 g/mol. The predicted molar refractivity (Wildman–Crippen MR) is 84.8 cm³/mol. The Hall–Kier alpha value is -1.88. The Labute approximate surface area is 129 Å². The van der Waals surface area contributed by atoms with Crippen molar-refractivity contribution < 1.29 is 4.74 Å². The van der Waals surface area contributed by atoms with Crippen molar-refractivity contribution in [1.82, 2.24) is 15.0 Å². The molecule has 1 heterocycles. The van der Waals surface area contributed by atoms with E-state index >= 15 is 0 Å². The number of hydrogen-bond acceptors (Lipinski definition) is 5. The second kappa shape index (κ2) is 7.22. The molecule has 0 amide bonds. The van der Waals surface area contributed by atoms with E-state index in [2.05, 4.69) is 27.2 Å². The predicted octanol–water partition coefficient (Wildman–Crippen LogP) is 3.80. The molecule has 0 radical (unpaired) electrons. The highest BCUT2D eigenvalue weighted by Crippen LogP contribution is 2.26. The first-order chi connectivity index (χ1) is 10.1. The first kappa shape index (κ1) is 15.5. The molecule has 0 bridgehead atoms. The third-order valence-electron chi connectivity index (χ3n) is 2.60. The highest BCUT2D eigenvalue weighted by Gasteiger charge is 2.12. The van der Waals surface area contributed by atoms with Crippen molar-refractivity contribution in [1.29, 1.82) is 0 Å². The largest absolute Gasteiger partial charge is 0.461 e. The van der Waals surface area contributed by atoms with Gasteiger partial charge >= 0.3 is 6.01 Å². The van der Waals surface area contributed by atoms with Crippen LogP contribution in [0.1, 0.15) is 27.2 Å². The van der Waals surface area contributed by atoms with Gasteiger partial charge in [-0.1, -0.05) is 30.7 Å². The maximum absolute atomic E-state index is 6.21. The second-order valence-electron chi connectivity index (χ2n) is 4.84. The maximum atomic E-state index is 6.21. The lowest BCUT2D eigenvalue weighted by Gasteiger charge is -2.11. The van der Waals surface area contributed by atoms with Gasteiger partial charge in [-0.15, -0.1) is 0 Å². The smallest absolute Gasteiger partial charge is 0.322 e. The number of anilines is 1.